The molecule has 158 valence electrons. The van der Waals surface area contributed by atoms with E-state index in [0.29, 0.717) is 47.4 Å². The maximum absolute atomic E-state index is 12.7. The van der Waals surface area contributed by atoms with Gasteiger partial charge in [-0.15, -0.1) is 0 Å². The molecule has 0 saturated heterocycles. The molecule has 31 heavy (non-hydrogen) atoms. The zero-order valence-electron chi connectivity index (χ0n) is 17.0. The van der Waals surface area contributed by atoms with Gasteiger partial charge in [0.1, 0.15) is 19.0 Å². The summed E-state index contributed by atoms with van der Waals surface area (Å²) in [6.07, 6.45) is -0.834. The Balaban J connectivity index is 1.43. The number of benzene rings is 3. The van der Waals surface area contributed by atoms with Crippen LogP contribution < -0.4 is 24.8 Å². The van der Waals surface area contributed by atoms with E-state index in [-0.39, 0.29) is 11.8 Å². The number of rotatable bonds is 6. The van der Waals surface area contributed by atoms with Crippen LogP contribution in [-0.2, 0) is 4.79 Å². The van der Waals surface area contributed by atoms with Crippen LogP contribution in [0.15, 0.2) is 72.8 Å². The Hall–Kier alpha value is -4.00. The van der Waals surface area contributed by atoms with Gasteiger partial charge in [0.15, 0.2) is 17.6 Å². The van der Waals surface area contributed by atoms with Gasteiger partial charge in [-0.2, -0.15) is 0 Å². The molecule has 0 unspecified atom stereocenters. The van der Waals surface area contributed by atoms with Gasteiger partial charge in [-0.05, 0) is 43.3 Å². The first-order chi connectivity index (χ1) is 15.1. The highest BCUT2D eigenvalue weighted by Crippen LogP contribution is 2.32. The Kier molecular flexibility index (Phi) is 6.03. The van der Waals surface area contributed by atoms with Gasteiger partial charge in [-0.1, -0.05) is 30.3 Å². The number of carbonyl (C=O) groups excluding carboxylic acids is 2. The molecule has 2 amide bonds. The number of para-hydroxylation sites is 2. The average molecular weight is 418 g/mol. The molecule has 3 aromatic carbocycles. The molecule has 4 rings (SSSR count). The fraction of sp³-hybridized carbons (Fsp3) is 0.167. The van der Waals surface area contributed by atoms with E-state index in [2.05, 4.69) is 10.6 Å². The summed E-state index contributed by atoms with van der Waals surface area (Å²) in [6, 6.07) is 21.1. The summed E-state index contributed by atoms with van der Waals surface area (Å²) in [4.78, 5) is 25.3. The van der Waals surface area contributed by atoms with Crippen LogP contribution in [0.4, 0.5) is 11.4 Å². The number of amides is 2. The third-order valence-corrected chi connectivity index (χ3v) is 4.65. The first-order valence-electron chi connectivity index (χ1n) is 9.93. The van der Waals surface area contributed by atoms with E-state index in [9.17, 15) is 9.59 Å². The molecule has 0 spiro atoms. The van der Waals surface area contributed by atoms with Crippen LogP contribution in [0, 0.1) is 0 Å². The highest BCUT2D eigenvalue weighted by molar-refractivity contribution is 6.06. The molecule has 0 aliphatic carbocycles. The van der Waals surface area contributed by atoms with Gasteiger partial charge in [0.2, 0.25) is 0 Å². The molecule has 1 atom stereocenters. The summed E-state index contributed by atoms with van der Waals surface area (Å²) in [5, 5.41) is 5.63. The minimum atomic E-state index is -0.834. The average Bonchev–Trinajstić information content (AvgIpc) is 2.80. The SMILES string of the molecule is C[C@@H](Oc1ccccc1C(=O)Nc1ccccc1)C(=O)Nc1ccc2c(c1)OCCO2. The Morgan fingerprint density at radius 1 is 0.839 bits per heavy atom. The molecule has 2 N–H and O–H groups in total. The van der Waals surface area contributed by atoms with E-state index in [4.69, 9.17) is 14.2 Å². The summed E-state index contributed by atoms with van der Waals surface area (Å²) in [7, 11) is 0. The predicted molar refractivity (Wildman–Crippen MR) is 117 cm³/mol. The van der Waals surface area contributed by atoms with Crippen LogP contribution in [0.3, 0.4) is 0 Å². The molecule has 0 fully saturated rings. The molecule has 1 aliphatic rings. The van der Waals surface area contributed by atoms with Crippen LogP contribution in [0.25, 0.3) is 0 Å². The van der Waals surface area contributed by atoms with Crippen molar-refractivity contribution in [3.8, 4) is 17.2 Å². The lowest BCUT2D eigenvalue weighted by atomic mass is 10.1. The third-order valence-electron chi connectivity index (χ3n) is 4.65. The van der Waals surface area contributed by atoms with Crippen molar-refractivity contribution >= 4 is 23.2 Å². The zero-order chi connectivity index (χ0) is 21.6. The minimum Gasteiger partial charge on any atom is -0.486 e. The van der Waals surface area contributed by atoms with Gasteiger partial charge in [0, 0.05) is 17.4 Å². The zero-order valence-corrected chi connectivity index (χ0v) is 17.0. The lowest BCUT2D eigenvalue weighted by Crippen LogP contribution is -2.31. The molecule has 0 bridgehead atoms. The summed E-state index contributed by atoms with van der Waals surface area (Å²) in [5.74, 6) is 0.879. The fourth-order valence-corrected chi connectivity index (χ4v) is 3.09. The number of anilines is 2. The van der Waals surface area contributed by atoms with Gasteiger partial charge in [0.05, 0.1) is 5.56 Å². The molecule has 0 saturated carbocycles. The molecule has 7 nitrogen and oxygen atoms in total. The molecule has 3 aromatic rings. The first kappa shape index (κ1) is 20.3. The summed E-state index contributed by atoms with van der Waals surface area (Å²) < 4.78 is 16.9. The van der Waals surface area contributed by atoms with Gasteiger partial charge in [-0.3, -0.25) is 9.59 Å². The second-order valence-electron chi connectivity index (χ2n) is 6.92. The van der Waals surface area contributed by atoms with Crippen molar-refractivity contribution in [2.45, 2.75) is 13.0 Å². The van der Waals surface area contributed by atoms with Crippen molar-refractivity contribution in [1.29, 1.82) is 0 Å². The summed E-state index contributed by atoms with van der Waals surface area (Å²) in [6.45, 7) is 2.59. The molecule has 0 radical (unpaired) electrons. The van der Waals surface area contributed by atoms with Gasteiger partial charge >= 0.3 is 0 Å². The number of hydrogen-bond donors (Lipinski definition) is 2. The summed E-state index contributed by atoms with van der Waals surface area (Å²) >= 11 is 0. The maximum atomic E-state index is 12.7. The minimum absolute atomic E-state index is 0.318. The molecular formula is C24H22N2O5. The van der Waals surface area contributed by atoms with E-state index in [1.165, 1.54) is 0 Å². The lowest BCUT2D eigenvalue weighted by Gasteiger charge is -2.20. The van der Waals surface area contributed by atoms with Crippen molar-refractivity contribution in [3.63, 3.8) is 0 Å². The van der Waals surface area contributed by atoms with Crippen molar-refractivity contribution < 1.29 is 23.8 Å². The third kappa shape index (κ3) is 4.95. The lowest BCUT2D eigenvalue weighted by molar-refractivity contribution is -0.122. The van der Waals surface area contributed by atoms with E-state index < -0.39 is 6.10 Å². The maximum Gasteiger partial charge on any atom is 0.265 e. The number of ether oxygens (including phenoxy) is 3. The Morgan fingerprint density at radius 3 is 2.35 bits per heavy atom. The van der Waals surface area contributed by atoms with Gasteiger partial charge < -0.3 is 24.8 Å². The van der Waals surface area contributed by atoms with E-state index in [0.717, 1.165) is 0 Å². The highest BCUT2D eigenvalue weighted by atomic mass is 16.6. The number of nitrogens with one attached hydrogen (secondary N) is 2. The number of carbonyl (C=O) groups is 2. The first-order valence-corrected chi connectivity index (χ1v) is 9.93. The van der Waals surface area contributed by atoms with E-state index in [1.807, 2.05) is 18.2 Å². The molecular weight excluding hydrogens is 396 g/mol. The monoisotopic (exact) mass is 418 g/mol. The summed E-state index contributed by atoms with van der Waals surface area (Å²) in [5.41, 5.74) is 1.58. The topological polar surface area (TPSA) is 85.9 Å². The smallest absolute Gasteiger partial charge is 0.265 e. The molecule has 0 aromatic heterocycles. The highest BCUT2D eigenvalue weighted by Gasteiger charge is 2.20. The molecule has 1 aliphatic heterocycles. The van der Waals surface area contributed by atoms with Crippen LogP contribution in [0.1, 0.15) is 17.3 Å². The van der Waals surface area contributed by atoms with Crippen LogP contribution in [0.5, 0.6) is 17.2 Å². The molecule has 1 heterocycles. The standard InChI is InChI=1S/C24H22N2O5/c1-16(23(27)26-18-11-12-21-22(15-18)30-14-13-29-21)31-20-10-6-5-9-19(20)24(28)25-17-7-3-2-4-8-17/h2-12,15-16H,13-14H2,1H3,(H,25,28)(H,26,27)/t16-/m1/s1. The van der Waals surface area contributed by atoms with Gasteiger partial charge in [-0.25, -0.2) is 0 Å². The van der Waals surface area contributed by atoms with Crippen molar-refractivity contribution in [3.05, 3.63) is 78.4 Å². The van der Waals surface area contributed by atoms with E-state index >= 15 is 0 Å². The van der Waals surface area contributed by atoms with Crippen molar-refractivity contribution in [2.24, 2.45) is 0 Å². The number of hydrogen-bond acceptors (Lipinski definition) is 5. The van der Waals surface area contributed by atoms with Crippen LogP contribution in [0.2, 0.25) is 0 Å². The van der Waals surface area contributed by atoms with Gasteiger partial charge in [0.25, 0.3) is 11.8 Å². The second-order valence-corrected chi connectivity index (χ2v) is 6.92. The number of fused-ring (bicyclic) bond motifs is 1. The fourth-order valence-electron chi connectivity index (χ4n) is 3.09. The Bertz CT molecular complexity index is 1080. The van der Waals surface area contributed by atoms with Crippen molar-refractivity contribution in [2.75, 3.05) is 23.8 Å². The predicted octanol–water partition coefficient (Wildman–Crippen LogP) is 4.12. The van der Waals surface area contributed by atoms with Crippen LogP contribution in [-0.4, -0.2) is 31.1 Å². The van der Waals surface area contributed by atoms with Crippen molar-refractivity contribution in [1.82, 2.24) is 0 Å². The second kappa shape index (κ2) is 9.21. The van der Waals surface area contributed by atoms with Crippen LogP contribution >= 0.6 is 0 Å². The van der Waals surface area contributed by atoms with E-state index in [1.54, 1.807) is 61.5 Å². The largest absolute Gasteiger partial charge is 0.486 e. The Morgan fingerprint density at radius 2 is 1.55 bits per heavy atom. The normalized spacial score (nSPS) is 13.1. The Labute approximate surface area is 179 Å². The molecule has 7 heteroatoms. The quantitative estimate of drug-likeness (QED) is 0.629.